The van der Waals surface area contributed by atoms with Crippen LogP contribution in [-0.2, 0) is 7.05 Å². The molecule has 0 saturated heterocycles. The molecule has 0 unspecified atom stereocenters. The average molecular weight is 385 g/mol. The van der Waals surface area contributed by atoms with Crippen LogP contribution < -0.4 is 5.32 Å². The van der Waals surface area contributed by atoms with E-state index in [-0.39, 0.29) is 17.5 Å². The molecule has 4 bridgehead atoms. The molecule has 6 heteroatoms. The van der Waals surface area contributed by atoms with Gasteiger partial charge in [-0.15, -0.1) is 0 Å². The summed E-state index contributed by atoms with van der Waals surface area (Å²) >= 11 is 0. The molecule has 1 aromatic carbocycles. The largest absolute Gasteiger partial charge is 0.347 e. The van der Waals surface area contributed by atoms with E-state index in [4.69, 9.17) is 0 Å². The van der Waals surface area contributed by atoms with Crippen molar-refractivity contribution in [1.29, 1.82) is 0 Å². The molecular weight excluding hydrogens is 360 g/mol. The van der Waals surface area contributed by atoms with Crippen molar-refractivity contribution in [1.82, 2.24) is 15.1 Å². The molecule has 4 saturated carbocycles. The van der Waals surface area contributed by atoms with Gasteiger partial charge < -0.3 is 5.32 Å². The Morgan fingerprint density at radius 3 is 2.36 bits per heavy atom. The Hall–Kier alpha value is -2.24. The second-order valence-corrected chi connectivity index (χ2v) is 9.00. The fourth-order valence-electron chi connectivity index (χ4n) is 6.28. The second-order valence-electron chi connectivity index (χ2n) is 9.00. The van der Waals surface area contributed by atoms with Gasteiger partial charge in [-0.3, -0.25) is 9.48 Å². The molecule has 6 rings (SSSR count). The van der Waals surface area contributed by atoms with Crippen molar-refractivity contribution in [3.05, 3.63) is 41.1 Å². The molecule has 0 atom stereocenters. The number of halogens is 2. The van der Waals surface area contributed by atoms with Crippen LogP contribution in [0.1, 0.15) is 48.2 Å². The molecule has 4 fully saturated rings. The van der Waals surface area contributed by atoms with Gasteiger partial charge in [-0.05, 0) is 74.8 Å². The molecule has 0 aliphatic heterocycles. The van der Waals surface area contributed by atoms with Crippen molar-refractivity contribution in [2.24, 2.45) is 30.7 Å². The van der Waals surface area contributed by atoms with Crippen LogP contribution in [-0.4, -0.2) is 21.7 Å². The van der Waals surface area contributed by atoms with E-state index in [9.17, 15) is 13.6 Å². The van der Waals surface area contributed by atoms with Gasteiger partial charge in [0.25, 0.3) is 5.91 Å². The van der Waals surface area contributed by atoms with E-state index in [0.29, 0.717) is 28.8 Å². The van der Waals surface area contributed by atoms with Crippen LogP contribution in [0.5, 0.6) is 0 Å². The normalized spacial score (nSPS) is 30.6. The third-order valence-corrected chi connectivity index (χ3v) is 7.21. The van der Waals surface area contributed by atoms with Gasteiger partial charge in [-0.2, -0.15) is 5.10 Å². The molecular formula is C22H25F2N3O. The Labute approximate surface area is 163 Å². The van der Waals surface area contributed by atoms with Gasteiger partial charge in [0, 0.05) is 30.3 Å². The topological polar surface area (TPSA) is 46.9 Å². The molecule has 148 valence electrons. The Balaban J connectivity index is 1.42. The SMILES string of the molecule is Cc1c(C(=O)NC2C3CC4CC(C3)CC2C4)nn(C)c1-c1ccc(F)cc1F. The van der Waals surface area contributed by atoms with E-state index in [1.165, 1.54) is 48.9 Å². The van der Waals surface area contributed by atoms with Crippen molar-refractivity contribution in [3.8, 4) is 11.3 Å². The first kappa shape index (κ1) is 17.8. The number of amides is 1. The molecule has 0 radical (unpaired) electrons. The van der Waals surface area contributed by atoms with Crippen molar-refractivity contribution in [2.75, 3.05) is 0 Å². The molecule has 1 heterocycles. The zero-order chi connectivity index (χ0) is 19.6. The summed E-state index contributed by atoms with van der Waals surface area (Å²) in [5.74, 6) is 1.40. The summed E-state index contributed by atoms with van der Waals surface area (Å²) in [6.45, 7) is 1.77. The van der Waals surface area contributed by atoms with Crippen LogP contribution >= 0.6 is 0 Å². The maximum atomic E-state index is 14.3. The monoisotopic (exact) mass is 385 g/mol. The van der Waals surface area contributed by atoms with E-state index in [1.807, 2.05) is 0 Å². The minimum Gasteiger partial charge on any atom is -0.347 e. The van der Waals surface area contributed by atoms with Crippen molar-refractivity contribution in [2.45, 2.75) is 45.1 Å². The number of hydrogen-bond donors (Lipinski definition) is 1. The third kappa shape index (κ3) is 2.76. The van der Waals surface area contributed by atoms with Crippen LogP contribution in [0.2, 0.25) is 0 Å². The number of nitrogens with one attached hydrogen (secondary N) is 1. The molecule has 4 aliphatic rings. The summed E-state index contributed by atoms with van der Waals surface area (Å²) in [4.78, 5) is 13.1. The Bertz CT molecular complexity index is 923. The minimum absolute atomic E-state index is 0.181. The molecule has 4 aliphatic carbocycles. The van der Waals surface area contributed by atoms with Gasteiger partial charge in [0.05, 0.1) is 5.69 Å². The zero-order valence-corrected chi connectivity index (χ0v) is 16.2. The minimum atomic E-state index is -0.654. The summed E-state index contributed by atoms with van der Waals surface area (Å²) in [6, 6.07) is 3.70. The maximum absolute atomic E-state index is 14.3. The lowest BCUT2D eigenvalue weighted by atomic mass is 9.54. The molecule has 1 aromatic heterocycles. The highest BCUT2D eigenvalue weighted by Crippen LogP contribution is 2.53. The molecule has 2 aromatic rings. The van der Waals surface area contributed by atoms with Gasteiger partial charge in [0.2, 0.25) is 0 Å². The quantitative estimate of drug-likeness (QED) is 0.860. The molecule has 1 amide bonds. The lowest BCUT2D eigenvalue weighted by molar-refractivity contribution is -0.0120. The summed E-state index contributed by atoms with van der Waals surface area (Å²) in [5.41, 5.74) is 1.71. The third-order valence-electron chi connectivity index (χ3n) is 7.21. The number of hydrogen-bond acceptors (Lipinski definition) is 2. The van der Waals surface area contributed by atoms with Crippen molar-refractivity contribution < 1.29 is 13.6 Å². The van der Waals surface area contributed by atoms with E-state index in [2.05, 4.69) is 10.4 Å². The van der Waals surface area contributed by atoms with E-state index in [1.54, 1.807) is 14.0 Å². The summed E-state index contributed by atoms with van der Waals surface area (Å²) < 4.78 is 29.1. The van der Waals surface area contributed by atoms with E-state index < -0.39 is 11.6 Å². The summed E-state index contributed by atoms with van der Waals surface area (Å²) in [6.07, 6.45) is 6.28. The molecule has 1 N–H and O–H groups in total. The number of carbonyl (C=O) groups is 1. The van der Waals surface area contributed by atoms with Crippen LogP contribution in [0.3, 0.4) is 0 Å². The summed E-state index contributed by atoms with van der Waals surface area (Å²) in [7, 11) is 1.69. The predicted octanol–water partition coefficient (Wildman–Crippen LogP) is 4.23. The van der Waals surface area contributed by atoms with Gasteiger partial charge in [-0.1, -0.05) is 0 Å². The maximum Gasteiger partial charge on any atom is 0.272 e. The number of aromatic nitrogens is 2. The van der Waals surface area contributed by atoms with Gasteiger partial charge in [0.1, 0.15) is 11.6 Å². The lowest BCUT2D eigenvalue weighted by Gasteiger charge is -2.54. The average Bonchev–Trinajstić information content (AvgIpc) is 2.92. The fraction of sp³-hybridized carbons (Fsp3) is 0.545. The van der Waals surface area contributed by atoms with Crippen molar-refractivity contribution in [3.63, 3.8) is 0 Å². The highest BCUT2D eigenvalue weighted by atomic mass is 19.1. The van der Waals surface area contributed by atoms with Crippen LogP contribution in [0.4, 0.5) is 8.78 Å². The smallest absolute Gasteiger partial charge is 0.272 e. The second kappa shape index (κ2) is 6.39. The molecule has 4 nitrogen and oxygen atoms in total. The first-order chi connectivity index (χ1) is 13.4. The Morgan fingerprint density at radius 2 is 1.75 bits per heavy atom. The van der Waals surface area contributed by atoms with Crippen LogP contribution in [0, 0.1) is 42.2 Å². The van der Waals surface area contributed by atoms with Crippen LogP contribution in [0.15, 0.2) is 18.2 Å². The number of rotatable bonds is 3. The number of carbonyl (C=O) groups excluding carboxylic acids is 1. The number of nitrogens with zero attached hydrogens (tertiary/aromatic N) is 2. The number of benzene rings is 1. The zero-order valence-electron chi connectivity index (χ0n) is 16.2. The first-order valence-corrected chi connectivity index (χ1v) is 10.2. The van der Waals surface area contributed by atoms with E-state index in [0.717, 1.165) is 17.9 Å². The van der Waals surface area contributed by atoms with Gasteiger partial charge in [0.15, 0.2) is 5.69 Å². The van der Waals surface area contributed by atoms with E-state index >= 15 is 0 Å². The summed E-state index contributed by atoms with van der Waals surface area (Å²) in [5, 5.41) is 7.64. The highest BCUT2D eigenvalue weighted by molar-refractivity contribution is 5.95. The first-order valence-electron chi connectivity index (χ1n) is 10.2. The Morgan fingerprint density at radius 1 is 1.11 bits per heavy atom. The fourth-order valence-corrected chi connectivity index (χ4v) is 6.28. The highest BCUT2D eigenvalue weighted by Gasteiger charge is 2.48. The predicted molar refractivity (Wildman–Crippen MR) is 102 cm³/mol. The van der Waals surface area contributed by atoms with Gasteiger partial charge >= 0.3 is 0 Å². The molecule has 0 spiro atoms. The molecule has 28 heavy (non-hydrogen) atoms. The standard InChI is InChI=1S/C22H25F2N3O/c1-11-19(26-27(2)21(11)17-4-3-16(23)10-18(17)24)22(28)25-20-14-6-12-5-13(8-14)9-15(20)7-12/h3-4,10,12-15,20H,5-9H2,1-2H3,(H,25,28). The van der Waals surface area contributed by atoms with Gasteiger partial charge in [-0.25, -0.2) is 8.78 Å². The number of aryl methyl sites for hydroxylation is 1. The van der Waals surface area contributed by atoms with Crippen molar-refractivity contribution >= 4 is 5.91 Å². The van der Waals surface area contributed by atoms with Crippen LogP contribution in [0.25, 0.3) is 11.3 Å². The lowest BCUT2D eigenvalue weighted by Crippen LogP contribution is -2.55. The Kier molecular flexibility index (Phi) is 4.07.